The molecule has 5 nitrogen and oxygen atoms in total. The standard InChI is InChI=1S/C23H25F5N2O3/c1-3-13-12-30-9-7-14(13)10-19(30)20(33-21(31)22(24,25)23(26,27)28)16-6-8-29-18-5-4-15(32-2)11-17(16)18/h4-6,8,11,13-14,19-20H,3,7,9-10,12H2,1-2H3/t13-,14-,19-,20+/m0/s1. The highest BCUT2D eigenvalue weighted by Crippen LogP contribution is 2.45. The van der Waals surface area contributed by atoms with E-state index >= 15 is 0 Å². The number of nitrogens with zero attached hydrogens (tertiary/aromatic N) is 2. The van der Waals surface area contributed by atoms with Gasteiger partial charge in [0, 0.05) is 23.7 Å². The van der Waals surface area contributed by atoms with E-state index in [4.69, 9.17) is 9.47 Å². The minimum Gasteiger partial charge on any atom is -0.497 e. The molecular weight excluding hydrogens is 447 g/mol. The number of pyridine rings is 1. The van der Waals surface area contributed by atoms with Crippen molar-refractivity contribution in [2.45, 2.75) is 50.4 Å². The molecule has 3 aliphatic heterocycles. The first-order valence-electron chi connectivity index (χ1n) is 10.9. The number of alkyl halides is 5. The van der Waals surface area contributed by atoms with Crippen LogP contribution < -0.4 is 4.74 Å². The number of fused-ring (bicyclic) bond motifs is 4. The lowest BCUT2D eigenvalue weighted by Gasteiger charge is -2.51. The van der Waals surface area contributed by atoms with Gasteiger partial charge >= 0.3 is 18.1 Å². The van der Waals surface area contributed by atoms with E-state index in [1.807, 2.05) is 4.90 Å². The van der Waals surface area contributed by atoms with Crippen molar-refractivity contribution in [3.8, 4) is 5.75 Å². The van der Waals surface area contributed by atoms with E-state index in [-0.39, 0.29) is 5.92 Å². The summed E-state index contributed by atoms with van der Waals surface area (Å²) in [5.41, 5.74) is 0.815. The van der Waals surface area contributed by atoms with Crippen molar-refractivity contribution in [1.82, 2.24) is 9.88 Å². The summed E-state index contributed by atoms with van der Waals surface area (Å²) in [6.07, 6.45) is -3.53. The van der Waals surface area contributed by atoms with Gasteiger partial charge in [-0.25, -0.2) is 4.79 Å². The number of benzene rings is 1. The molecule has 4 heterocycles. The minimum atomic E-state index is -6.04. The molecular formula is C23H25F5N2O3. The molecule has 10 heteroatoms. The van der Waals surface area contributed by atoms with Gasteiger partial charge in [-0.05, 0) is 55.5 Å². The van der Waals surface area contributed by atoms with Gasteiger partial charge in [-0.3, -0.25) is 9.88 Å². The molecule has 5 rings (SSSR count). The second kappa shape index (κ2) is 8.70. The first kappa shape index (κ1) is 23.7. The van der Waals surface area contributed by atoms with Crippen LogP contribution in [0.5, 0.6) is 5.75 Å². The van der Waals surface area contributed by atoms with Gasteiger partial charge in [0.2, 0.25) is 0 Å². The maximum Gasteiger partial charge on any atom is 0.465 e. The monoisotopic (exact) mass is 472 g/mol. The third-order valence-electron chi connectivity index (χ3n) is 6.95. The largest absolute Gasteiger partial charge is 0.497 e. The Kier molecular flexibility index (Phi) is 6.24. The zero-order valence-electron chi connectivity index (χ0n) is 18.2. The molecule has 33 heavy (non-hydrogen) atoms. The van der Waals surface area contributed by atoms with E-state index in [1.54, 1.807) is 18.2 Å². The highest BCUT2D eigenvalue weighted by atomic mass is 19.4. The molecule has 1 aromatic carbocycles. The number of carbonyl (C=O) groups is 1. The molecule has 0 N–H and O–H groups in total. The lowest BCUT2D eigenvalue weighted by atomic mass is 9.72. The van der Waals surface area contributed by atoms with Crippen LogP contribution in [0.4, 0.5) is 22.0 Å². The van der Waals surface area contributed by atoms with E-state index in [0.717, 1.165) is 12.8 Å². The summed E-state index contributed by atoms with van der Waals surface area (Å²) in [6, 6.07) is 5.92. The molecule has 1 unspecified atom stereocenters. The van der Waals surface area contributed by atoms with Crippen molar-refractivity contribution in [3.05, 3.63) is 36.0 Å². The zero-order chi connectivity index (χ0) is 24.0. The summed E-state index contributed by atoms with van der Waals surface area (Å²) < 4.78 is 76.7. The highest BCUT2D eigenvalue weighted by Gasteiger charge is 2.65. The molecule has 180 valence electrons. The molecule has 0 radical (unpaired) electrons. The van der Waals surface area contributed by atoms with E-state index in [2.05, 4.69) is 11.9 Å². The van der Waals surface area contributed by atoms with Crippen molar-refractivity contribution in [2.75, 3.05) is 20.2 Å². The second-order valence-corrected chi connectivity index (χ2v) is 8.70. The Balaban J connectivity index is 1.78. The van der Waals surface area contributed by atoms with Crippen molar-refractivity contribution in [2.24, 2.45) is 11.8 Å². The first-order valence-corrected chi connectivity index (χ1v) is 10.9. The predicted octanol–water partition coefficient (Wildman–Crippen LogP) is 5.15. The zero-order valence-corrected chi connectivity index (χ0v) is 18.2. The summed E-state index contributed by atoms with van der Waals surface area (Å²) in [5, 5.41) is 0.472. The number of methoxy groups -OCH3 is 1. The molecule has 5 atom stereocenters. The quantitative estimate of drug-likeness (QED) is 0.430. The lowest BCUT2D eigenvalue weighted by Crippen LogP contribution is -2.56. The maximum atomic E-state index is 13.9. The van der Waals surface area contributed by atoms with Crippen molar-refractivity contribution < 1.29 is 36.2 Å². The smallest absolute Gasteiger partial charge is 0.465 e. The number of hydrogen-bond donors (Lipinski definition) is 0. The second-order valence-electron chi connectivity index (χ2n) is 8.70. The van der Waals surface area contributed by atoms with Crippen LogP contribution in [0.25, 0.3) is 10.9 Å². The highest BCUT2D eigenvalue weighted by molar-refractivity contribution is 5.85. The average Bonchev–Trinajstić information content (AvgIpc) is 2.81. The van der Waals surface area contributed by atoms with Crippen LogP contribution in [-0.4, -0.2) is 54.2 Å². The number of esters is 1. The molecule has 0 spiro atoms. The SMILES string of the molecule is CC[C@H]1CN2CC[C@H]1C[C@H]2[C@H](OC(=O)C(F)(F)C(F)(F)F)c1ccnc2ccc(OC)cc12. The Labute approximate surface area is 187 Å². The summed E-state index contributed by atoms with van der Waals surface area (Å²) in [4.78, 5) is 18.5. The Hall–Kier alpha value is -2.49. The molecule has 0 amide bonds. The summed E-state index contributed by atoms with van der Waals surface area (Å²) >= 11 is 0. The van der Waals surface area contributed by atoms with E-state index in [1.165, 1.54) is 19.4 Å². The number of rotatable bonds is 6. The number of ether oxygens (including phenoxy) is 2. The van der Waals surface area contributed by atoms with Crippen molar-refractivity contribution in [1.29, 1.82) is 0 Å². The number of halogens is 5. The van der Waals surface area contributed by atoms with Gasteiger partial charge in [-0.1, -0.05) is 13.3 Å². The van der Waals surface area contributed by atoms with Gasteiger partial charge in [0.1, 0.15) is 11.9 Å². The Morgan fingerprint density at radius 2 is 2.00 bits per heavy atom. The Morgan fingerprint density at radius 3 is 2.61 bits per heavy atom. The van der Waals surface area contributed by atoms with Gasteiger partial charge in [-0.2, -0.15) is 22.0 Å². The van der Waals surface area contributed by atoms with E-state index in [0.29, 0.717) is 47.6 Å². The van der Waals surface area contributed by atoms with E-state index < -0.39 is 30.2 Å². The number of hydrogen-bond acceptors (Lipinski definition) is 5. The van der Waals surface area contributed by atoms with Crippen LogP contribution in [0.2, 0.25) is 0 Å². The molecule has 0 saturated carbocycles. The summed E-state index contributed by atoms with van der Waals surface area (Å²) in [6.45, 7) is 3.43. The minimum absolute atomic E-state index is 0.289. The van der Waals surface area contributed by atoms with Crippen LogP contribution in [0.3, 0.4) is 0 Å². The van der Waals surface area contributed by atoms with Gasteiger partial charge in [-0.15, -0.1) is 0 Å². The van der Waals surface area contributed by atoms with Crippen molar-refractivity contribution in [3.63, 3.8) is 0 Å². The fourth-order valence-electron chi connectivity index (χ4n) is 5.13. The van der Waals surface area contributed by atoms with Gasteiger partial charge < -0.3 is 9.47 Å². The van der Waals surface area contributed by atoms with Crippen LogP contribution in [0, 0.1) is 11.8 Å². The maximum absolute atomic E-state index is 13.9. The van der Waals surface area contributed by atoms with Crippen LogP contribution in [-0.2, 0) is 9.53 Å². The summed E-state index contributed by atoms with van der Waals surface area (Å²) in [7, 11) is 1.45. The van der Waals surface area contributed by atoms with Gasteiger partial charge in [0.15, 0.2) is 0 Å². The molecule has 2 bridgehead atoms. The molecule has 1 aromatic heterocycles. The number of piperidine rings is 3. The topological polar surface area (TPSA) is 51.7 Å². The average molecular weight is 472 g/mol. The van der Waals surface area contributed by atoms with Crippen LogP contribution in [0.15, 0.2) is 30.5 Å². The third kappa shape index (κ3) is 4.25. The Morgan fingerprint density at radius 1 is 1.24 bits per heavy atom. The number of aromatic nitrogens is 1. The fourth-order valence-corrected chi connectivity index (χ4v) is 5.13. The molecule has 3 fully saturated rings. The summed E-state index contributed by atoms with van der Waals surface area (Å²) in [5.74, 6) is -7.04. The normalized spacial score (nSPS) is 26.3. The van der Waals surface area contributed by atoms with E-state index in [9.17, 15) is 26.7 Å². The van der Waals surface area contributed by atoms with Crippen LogP contribution >= 0.6 is 0 Å². The first-order chi connectivity index (χ1) is 15.6. The lowest BCUT2D eigenvalue weighted by molar-refractivity contribution is -0.283. The number of carbonyl (C=O) groups excluding carboxylic acids is 1. The Bertz CT molecular complexity index is 1030. The van der Waals surface area contributed by atoms with Crippen molar-refractivity contribution >= 4 is 16.9 Å². The molecule has 3 aliphatic rings. The van der Waals surface area contributed by atoms with Crippen LogP contribution in [0.1, 0.15) is 37.9 Å². The van der Waals surface area contributed by atoms with Gasteiger partial charge in [0.05, 0.1) is 18.7 Å². The fraction of sp³-hybridized carbons (Fsp3) is 0.565. The predicted molar refractivity (Wildman–Crippen MR) is 110 cm³/mol. The molecule has 3 saturated heterocycles. The third-order valence-corrected chi connectivity index (χ3v) is 6.95. The van der Waals surface area contributed by atoms with Gasteiger partial charge in [0.25, 0.3) is 0 Å². The molecule has 0 aliphatic carbocycles. The molecule has 2 aromatic rings.